The molecule has 2 aliphatic rings. The van der Waals surface area contributed by atoms with Crippen molar-refractivity contribution in [3.8, 4) is 0 Å². The second-order valence-electron chi connectivity index (χ2n) is 7.39. The number of amides is 1. The maximum Gasteiger partial charge on any atom is 0.332 e. The Labute approximate surface area is 174 Å². The lowest BCUT2D eigenvalue weighted by Gasteiger charge is -2.22. The number of esters is 1. The van der Waals surface area contributed by atoms with Gasteiger partial charge in [-0.2, -0.15) is 0 Å². The van der Waals surface area contributed by atoms with Gasteiger partial charge in [0.15, 0.2) is 15.4 Å². The van der Waals surface area contributed by atoms with Crippen LogP contribution in [0.3, 0.4) is 0 Å². The van der Waals surface area contributed by atoms with E-state index in [2.05, 4.69) is 0 Å². The van der Waals surface area contributed by atoms with Crippen LogP contribution in [-0.2, 0) is 36.3 Å². The Morgan fingerprint density at radius 2 is 1.93 bits per heavy atom. The van der Waals surface area contributed by atoms with Gasteiger partial charge in [-0.1, -0.05) is 48.0 Å². The Morgan fingerprint density at radius 1 is 1.23 bits per heavy atom. The second kappa shape index (κ2) is 7.07. The van der Waals surface area contributed by atoms with Crippen LogP contribution in [0.25, 0.3) is 0 Å². The number of carbonyl (C=O) groups excluding carboxylic acids is 2. The molecule has 0 aromatic heterocycles. The molecule has 2 atom stereocenters. The monoisotopic (exact) mass is 427 g/mol. The summed E-state index contributed by atoms with van der Waals surface area (Å²) in [7, 11) is -4.11. The largest absolute Gasteiger partial charge is 0.463 e. The van der Waals surface area contributed by atoms with Crippen LogP contribution in [0.4, 0.5) is 0 Å². The molecule has 7 nitrogen and oxygen atoms in total. The Hall–Kier alpha value is -2.97. The Kier molecular flexibility index (Phi) is 4.79. The lowest BCUT2D eigenvalue weighted by atomic mass is 9.90. The highest BCUT2D eigenvalue weighted by molar-refractivity contribution is 7.92. The highest BCUT2D eigenvalue weighted by Crippen LogP contribution is 2.53. The molecule has 2 aromatic carbocycles. The maximum absolute atomic E-state index is 13.4. The van der Waals surface area contributed by atoms with E-state index in [-0.39, 0.29) is 29.3 Å². The fourth-order valence-electron chi connectivity index (χ4n) is 4.13. The van der Waals surface area contributed by atoms with Gasteiger partial charge >= 0.3 is 5.97 Å². The van der Waals surface area contributed by atoms with Gasteiger partial charge in [-0.15, -0.1) is 0 Å². The van der Waals surface area contributed by atoms with Crippen LogP contribution in [0.15, 0.2) is 65.2 Å². The summed E-state index contributed by atoms with van der Waals surface area (Å²) < 4.78 is 31.6. The summed E-state index contributed by atoms with van der Waals surface area (Å²) in [6.07, 6.45) is 1.00. The number of nitrogens with zero attached hydrogens (tertiary/aromatic N) is 1. The number of ether oxygens (including phenoxy) is 1. The fraction of sp³-hybridized carbons (Fsp3) is 0.273. The molecule has 8 heteroatoms. The van der Waals surface area contributed by atoms with Gasteiger partial charge < -0.3 is 14.7 Å². The van der Waals surface area contributed by atoms with Crippen molar-refractivity contribution in [1.29, 1.82) is 0 Å². The maximum atomic E-state index is 13.4. The third-order valence-corrected chi connectivity index (χ3v) is 7.60. The van der Waals surface area contributed by atoms with Crippen molar-refractivity contribution in [3.63, 3.8) is 0 Å². The molecule has 0 unspecified atom stereocenters. The molecule has 0 radical (unpaired) electrons. The number of benzene rings is 2. The molecule has 1 saturated heterocycles. The summed E-state index contributed by atoms with van der Waals surface area (Å²) in [4.78, 5) is 26.7. The van der Waals surface area contributed by atoms with Crippen molar-refractivity contribution in [3.05, 3.63) is 77.0 Å². The molecule has 0 bridgehead atoms. The van der Waals surface area contributed by atoms with E-state index in [0.717, 1.165) is 11.6 Å². The van der Waals surface area contributed by atoms with E-state index in [0.29, 0.717) is 5.56 Å². The van der Waals surface area contributed by atoms with Gasteiger partial charge in [0.2, 0.25) is 0 Å². The zero-order valence-corrected chi connectivity index (χ0v) is 17.3. The Bertz CT molecular complexity index is 1170. The molecule has 156 valence electrons. The first kappa shape index (κ1) is 20.3. The van der Waals surface area contributed by atoms with Crippen LogP contribution in [0.5, 0.6) is 0 Å². The zero-order chi connectivity index (χ0) is 21.7. The van der Waals surface area contributed by atoms with Gasteiger partial charge in [-0.25, -0.2) is 13.2 Å². The Balaban J connectivity index is 1.92. The molecule has 4 rings (SSSR count). The Morgan fingerprint density at radius 3 is 2.60 bits per heavy atom. The average Bonchev–Trinajstić information content (AvgIpc) is 3.01. The topological polar surface area (TPSA) is 101 Å². The number of fused-ring (bicyclic) bond motifs is 3. The van der Waals surface area contributed by atoms with E-state index in [9.17, 15) is 23.1 Å². The predicted molar refractivity (Wildman–Crippen MR) is 108 cm³/mol. The normalized spacial score (nSPS) is 25.3. The third-order valence-electron chi connectivity index (χ3n) is 5.43. The van der Waals surface area contributed by atoms with E-state index in [1.54, 1.807) is 44.2 Å². The van der Waals surface area contributed by atoms with Gasteiger partial charge in [-0.05, 0) is 25.5 Å². The standard InChI is InChI=1S/C22H21NO6S/c1-3-29-19(24)12-17-20-22(26,16-11-14(2)9-10-18(16)30(20,27)28)21(25)23(17)13-15-7-5-4-6-8-15/h4-12,20,26H,3,13H2,1-2H3/b17-12+/t20-,22+/m0/s1. The first-order chi connectivity index (χ1) is 14.2. The SMILES string of the molecule is CCOC(=O)/C=C1\[C@H]2[C@@](O)(C(=O)N1Cc1ccccc1)c1cc(C)ccc1S2(=O)=O. The highest BCUT2D eigenvalue weighted by atomic mass is 32.2. The summed E-state index contributed by atoms with van der Waals surface area (Å²) in [6, 6.07) is 13.5. The summed E-state index contributed by atoms with van der Waals surface area (Å²) in [5, 5.41) is 9.90. The summed E-state index contributed by atoms with van der Waals surface area (Å²) in [5.74, 6) is -1.55. The molecule has 1 N–H and O–H groups in total. The molecule has 0 saturated carbocycles. The highest BCUT2D eigenvalue weighted by Gasteiger charge is 2.68. The molecule has 2 aliphatic heterocycles. The number of rotatable bonds is 4. The molecule has 0 aliphatic carbocycles. The molecular formula is C22H21NO6S. The van der Waals surface area contributed by atoms with Gasteiger partial charge in [-0.3, -0.25) is 4.79 Å². The number of hydrogen-bond donors (Lipinski definition) is 1. The van der Waals surface area contributed by atoms with E-state index in [1.165, 1.54) is 17.0 Å². The lowest BCUT2D eigenvalue weighted by molar-refractivity contribution is -0.143. The first-order valence-corrected chi connectivity index (χ1v) is 11.1. The van der Waals surface area contributed by atoms with Crippen LogP contribution < -0.4 is 0 Å². The number of aliphatic hydroxyl groups is 1. The molecule has 2 aromatic rings. The first-order valence-electron chi connectivity index (χ1n) is 9.53. The number of carbonyl (C=O) groups is 2. The number of likely N-dealkylation sites (tertiary alicyclic amines) is 1. The van der Waals surface area contributed by atoms with Crippen LogP contribution in [0.2, 0.25) is 0 Å². The van der Waals surface area contributed by atoms with Crippen molar-refractivity contribution in [2.24, 2.45) is 0 Å². The summed E-state index contributed by atoms with van der Waals surface area (Å²) in [6.45, 7) is 3.48. The van der Waals surface area contributed by atoms with Crippen LogP contribution in [-0.4, -0.2) is 42.2 Å². The minimum Gasteiger partial charge on any atom is -0.463 e. The van der Waals surface area contributed by atoms with Crippen molar-refractivity contribution >= 4 is 21.7 Å². The van der Waals surface area contributed by atoms with Gasteiger partial charge in [0.25, 0.3) is 5.91 Å². The average molecular weight is 427 g/mol. The molecule has 0 spiro atoms. The fourth-order valence-corrected chi connectivity index (χ4v) is 6.36. The molecule has 2 heterocycles. The van der Waals surface area contributed by atoms with E-state index in [1.807, 2.05) is 6.07 Å². The number of aryl methyl sites for hydroxylation is 1. The third kappa shape index (κ3) is 2.86. The minimum absolute atomic E-state index is 0.0143. The van der Waals surface area contributed by atoms with Gasteiger partial charge in [0.1, 0.15) is 5.25 Å². The summed E-state index contributed by atoms with van der Waals surface area (Å²) >= 11 is 0. The van der Waals surface area contributed by atoms with E-state index in [4.69, 9.17) is 4.74 Å². The van der Waals surface area contributed by atoms with Gasteiger partial charge in [0, 0.05) is 11.6 Å². The van der Waals surface area contributed by atoms with E-state index < -0.39 is 32.6 Å². The lowest BCUT2D eigenvalue weighted by Crippen LogP contribution is -2.41. The minimum atomic E-state index is -4.11. The number of sulfone groups is 1. The molecule has 30 heavy (non-hydrogen) atoms. The summed E-state index contributed by atoms with van der Waals surface area (Å²) in [5.41, 5.74) is -0.899. The van der Waals surface area contributed by atoms with Crippen molar-refractivity contribution in [2.45, 2.75) is 36.1 Å². The quantitative estimate of drug-likeness (QED) is 0.590. The molecule has 1 fully saturated rings. The number of hydrogen-bond acceptors (Lipinski definition) is 6. The van der Waals surface area contributed by atoms with Crippen LogP contribution >= 0.6 is 0 Å². The van der Waals surface area contributed by atoms with Gasteiger partial charge in [0.05, 0.1) is 23.7 Å². The van der Waals surface area contributed by atoms with Crippen LogP contribution in [0.1, 0.15) is 23.6 Å². The smallest absolute Gasteiger partial charge is 0.332 e. The molecule has 1 amide bonds. The van der Waals surface area contributed by atoms with Crippen molar-refractivity contribution < 1.29 is 27.9 Å². The van der Waals surface area contributed by atoms with Crippen molar-refractivity contribution in [1.82, 2.24) is 4.90 Å². The zero-order valence-electron chi connectivity index (χ0n) is 16.5. The van der Waals surface area contributed by atoms with Crippen LogP contribution in [0, 0.1) is 6.92 Å². The second-order valence-corrected chi connectivity index (χ2v) is 9.39. The molecular weight excluding hydrogens is 406 g/mol. The predicted octanol–water partition coefficient (Wildman–Crippen LogP) is 1.83. The van der Waals surface area contributed by atoms with Crippen molar-refractivity contribution in [2.75, 3.05) is 6.61 Å². The van der Waals surface area contributed by atoms with E-state index >= 15 is 0 Å².